The first-order chi connectivity index (χ1) is 16.1. The van der Waals surface area contributed by atoms with Crippen LogP contribution in [-0.2, 0) is 16.9 Å². The molecule has 34 heavy (non-hydrogen) atoms. The van der Waals surface area contributed by atoms with E-state index >= 15 is 0 Å². The Morgan fingerprint density at radius 1 is 1.18 bits per heavy atom. The molecule has 0 saturated carbocycles. The van der Waals surface area contributed by atoms with Gasteiger partial charge in [0.2, 0.25) is 0 Å². The summed E-state index contributed by atoms with van der Waals surface area (Å²) in [6, 6.07) is 7.64. The third-order valence-corrected chi connectivity index (χ3v) is 6.74. The van der Waals surface area contributed by atoms with Gasteiger partial charge in [-0.15, -0.1) is 21.5 Å². The number of rotatable bonds is 2. The van der Waals surface area contributed by atoms with Crippen molar-refractivity contribution >= 4 is 23.2 Å². The van der Waals surface area contributed by atoms with Crippen molar-refractivity contribution in [1.82, 2.24) is 24.6 Å². The minimum absolute atomic E-state index is 0.111. The van der Waals surface area contributed by atoms with E-state index < -0.39 is 12.1 Å². The maximum Gasteiger partial charge on any atom is 0.490 e. The highest BCUT2D eigenvalue weighted by Crippen LogP contribution is 2.39. The SMILES string of the molecule is CN1Cc2nnc(-c3ccco3)n2C2(CCN(C(=O)c3cccs3)CC2)C1.O=C(O)C(F)(F)F. The smallest absolute Gasteiger partial charge is 0.475 e. The summed E-state index contributed by atoms with van der Waals surface area (Å²) >= 11 is 1.51. The lowest BCUT2D eigenvalue weighted by Crippen LogP contribution is -2.55. The minimum Gasteiger partial charge on any atom is -0.475 e. The molecule has 9 nitrogen and oxygen atoms in total. The van der Waals surface area contributed by atoms with Gasteiger partial charge in [0.1, 0.15) is 5.82 Å². The van der Waals surface area contributed by atoms with E-state index in [1.165, 1.54) is 11.3 Å². The van der Waals surface area contributed by atoms with Crippen molar-refractivity contribution in [2.45, 2.75) is 31.1 Å². The number of aromatic nitrogens is 3. The molecule has 5 rings (SSSR count). The van der Waals surface area contributed by atoms with E-state index in [9.17, 15) is 18.0 Å². The maximum atomic E-state index is 12.7. The Bertz CT molecular complexity index is 1140. The van der Waals surface area contributed by atoms with Gasteiger partial charge in [-0.25, -0.2) is 4.79 Å². The van der Waals surface area contributed by atoms with Crippen molar-refractivity contribution in [2.75, 3.05) is 26.7 Å². The average Bonchev–Trinajstić information content (AvgIpc) is 3.54. The second-order valence-corrected chi connectivity index (χ2v) is 9.17. The Morgan fingerprint density at radius 2 is 1.88 bits per heavy atom. The molecule has 0 aromatic carbocycles. The van der Waals surface area contributed by atoms with Gasteiger partial charge in [-0.3, -0.25) is 14.3 Å². The van der Waals surface area contributed by atoms with Gasteiger partial charge in [0.15, 0.2) is 11.6 Å². The van der Waals surface area contributed by atoms with Crippen LogP contribution in [0.15, 0.2) is 40.3 Å². The summed E-state index contributed by atoms with van der Waals surface area (Å²) in [7, 11) is 2.12. The molecule has 2 aliphatic rings. The third kappa shape index (κ3) is 4.71. The number of aliphatic carboxylic acids is 1. The second-order valence-electron chi connectivity index (χ2n) is 8.22. The number of likely N-dealkylation sites (N-methyl/N-ethyl adjacent to an activating group) is 1. The van der Waals surface area contributed by atoms with E-state index in [2.05, 4.69) is 26.7 Å². The van der Waals surface area contributed by atoms with Crippen molar-refractivity contribution < 1.29 is 32.3 Å². The molecule has 182 valence electrons. The monoisotopic (exact) mass is 497 g/mol. The van der Waals surface area contributed by atoms with Crippen molar-refractivity contribution in [1.29, 1.82) is 0 Å². The molecular weight excluding hydrogens is 475 g/mol. The van der Waals surface area contributed by atoms with Crippen molar-refractivity contribution in [2.24, 2.45) is 0 Å². The number of carbonyl (C=O) groups is 2. The van der Waals surface area contributed by atoms with E-state index in [1.807, 2.05) is 34.5 Å². The molecule has 0 unspecified atom stereocenters. The molecule has 0 radical (unpaired) electrons. The molecule has 1 amide bonds. The number of hydrogen-bond donors (Lipinski definition) is 1. The van der Waals surface area contributed by atoms with Crippen LogP contribution in [0.25, 0.3) is 11.6 Å². The van der Waals surface area contributed by atoms with Gasteiger partial charge >= 0.3 is 12.1 Å². The first-order valence-electron chi connectivity index (χ1n) is 10.4. The number of piperidine rings is 1. The first kappa shape index (κ1) is 24.0. The summed E-state index contributed by atoms with van der Waals surface area (Å²) in [5.74, 6) is -0.115. The number of carboxylic acid groups (broad SMARTS) is 1. The van der Waals surface area contributed by atoms with Crippen molar-refractivity contribution in [3.63, 3.8) is 0 Å². The van der Waals surface area contributed by atoms with Crippen molar-refractivity contribution in [3.05, 3.63) is 46.6 Å². The first-order valence-corrected chi connectivity index (χ1v) is 11.3. The quantitative estimate of drug-likeness (QED) is 0.579. The molecule has 3 aromatic rings. The van der Waals surface area contributed by atoms with Crippen LogP contribution >= 0.6 is 11.3 Å². The van der Waals surface area contributed by atoms with E-state index in [0.717, 1.165) is 61.3 Å². The van der Waals surface area contributed by atoms with E-state index in [0.29, 0.717) is 0 Å². The predicted molar refractivity (Wildman–Crippen MR) is 115 cm³/mol. The summed E-state index contributed by atoms with van der Waals surface area (Å²) < 4.78 is 39.6. The summed E-state index contributed by atoms with van der Waals surface area (Å²) in [5, 5.41) is 17.9. The molecule has 5 heterocycles. The Hall–Kier alpha value is -3.19. The zero-order valence-electron chi connectivity index (χ0n) is 18.2. The fraction of sp³-hybridized carbons (Fsp3) is 0.429. The number of amides is 1. The zero-order chi connectivity index (χ0) is 24.5. The van der Waals surface area contributed by atoms with Gasteiger partial charge in [-0.05, 0) is 43.5 Å². The van der Waals surface area contributed by atoms with Crippen LogP contribution in [0.3, 0.4) is 0 Å². The highest BCUT2D eigenvalue weighted by atomic mass is 32.1. The highest BCUT2D eigenvalue weighted by molar-refractivity contribution is 7.12. The number of carbonyl (C=O) groups excluding carboxylic acids is 1. The molecule has 1 fully saturated rings. The molecular formula is C21H22F3N5O4S. The third-order valence-electron chi connectivity index (χ3n) is 5.88. The van der Waals surface area contributed by atoms with Crippen LogP contribution in [0.2, 0.25) is 0 Å². The van der Waals surface area contributed by atoms with E-state index in [1.54, 1.807) is 6.26 Å². The lowest BCUT2D eigenvalue weighted by Gasteiger charge is -2.48. The number of likely N-dealkylation sites (tertiary alicyclic amines) is 1. The fourth-order valence-electron chi connectivity index (χ4n) is 4.42. The van der Waals surface area contributed by atoms with Gasteiger partial charge in [-0.2, -0.15) is 13.2 Å². The normalized spacial score (nSPS) is 17.7. The Balaban J connectivity index is 0.000000344. The highest BCUT2D eigenvalue weighted by Gasteiger charge is 2.44. The lowest BCUT2D eigenvalue weighted by molar-refractivity contribution is -0.192. The topological polar surface area (TPSA) is 105 Å². The minimum atomic E-state index is -5.08. The molecule has 13 heteroatoms. The number of fused-ring (bicyclic) bond motifs is 2. The lowest BCUT2D eigenvalue weighted by atomic mass is 9.84. The van der Waals surface area contributed by atoms with Gasteiger partial charge < -0.3 is 14.4 Å². The molecule has 3 aromatic heterocycles. The number of nitrogens with zero attached hydrogens (tertiary/aromatic N) is 5. The molecule has 2 aliphatic heterocycles. The van der Waals surface area contributed by atoms with Gasteiger partial charge in [-0.1, -0.05) is 6.07 Å². The van der Waals surface area contributed by atoms with Gasteiger partial charge in [0, 0.05) is 19.6 Å². The Labute approximate surface area is 196 Å². The van der Waals surface area contributed by atoms with E-state index in [-0.39, 0.29) is 11.4 Å². The largest absolute Gasteiger partial charge is 0.490 e. The summed E-state index contributed by atoms with van der Waals surface area (Å²) in [6.45, 7) is 3.17. The number of carboxylic acids is 1. The molecule has 1 saturated heterocycles. The molecule has 0 atom stereocenters. The summed E-state index contributed by atoms with van der Waals surface area (Å²) in [6.07, 6.45) is -1.65. The Kier molecular flexibility index (Phi) is 6.49. The molecule has 1 N–H and O–H groups in total. The maximum absolute atomic E-state index is 12.7. The average molecular weight is 497 g/mol. The van der Waals surface area contributed by atoms with Crippen LogP contribution in [0.5, 0.6) is 0 Å². The summed E-state index contributed by atoms with van der Waals surface area (Å²) in [4.78, 5) is 26.7. The number of furan rings is 1. The molecule has 1 spiro atoms. The summed E-state index contributed by atoms with van der Waals surface area (Å²) in [5.41, 5.74) is -0.111. The van der Waals surface area contributed by atoms with Crippen LogP contribution in [0.4, 0.5) is 13.2 Å². The zero-order valence-corrected chi connectivity index (χ0v) is 19.0. The van der Waals surface area contributed by atoms with Crippen LogP contribution in [0.1, 0.15) is 28.3 Å². The molecule has 0 bridgehead atoms. The number of hydrogen-bond acceptors (Lipinski definition) is 7. The standard InChI is InChI=1S/C19H21N5O2S.C2HF3O2/c1-22-12-16-20-21-17(14-4-2-10-26-14)24(16)19(13-22)6-8-23(9-7-19)18(25)15-5-3-11-27-15;3-2(4,5)1(6)7/h2-5,10-11H,6-9,12-13H2,1H3;(H,6,7). The number of thiophene rings is 1. The molecule has 0 aliphatic carbocycles. The van der Waals surface area contributed by atoms with Crippen LogP contribution < -0.4 is 0 Å². The van der Waals surface area contributed by atoms with Crippen LogP contribution in [-0.4, -0.2) is 74.4 Å². The predicted octanol–water partition coefficient (Wildman–Crippen LogP) is 3.31. The van der Waals surface area contributed by atoms with Crippen molar-refractivity contribution in [3.8, 4) is 11.6 Å². The van der Waals surface area contributed by atoms with E-state index in [4.69, 9.17) is 14.3 Å². The van der Waals surface area contributed by atoms with Gasteiger partial charge in [0.05, 0.1) is 23.2 Å². The van der Waals surface area contributed by atoms with Gasteiger partial charge in [0.25, 0.3) is 5.91 Å². The number of alkyl halides is 3. The number of halogens is 3. The van der Waals surface area contributed by atoms with Crippen LogP contribution in [0, 0.1) is 0 Å². The second kappa shape index (κ2) is 9.22. The Morgan fingerprint density at radius 3 is 2.44 bits per heavy atom. The fourth-order valence-corrected chi connectivity index (χ4v) is 5.11.